The summed E-state index contributed by atoms with van der Waals surface area (Å²) < 4.78 is 45.1. The van der Waals surface area contributed by atoms with Crippen LogP contribution in [0, 0.1) is 0 Å². The van der Waals surface area contributed by atoms with Crippen molar-refractivity contribution in [2.45, 2.75) is 0 Å². The standard InChI is InChI=1S/CH3ClF3NOP2S/c1-6(8(2,3)10)9(4,5)7/h1H3/t8-/m0/s1. The molecule has 0 aromatic carbocycles. The summed E-state index contributed by atoms with van der Waals surface area (Å²) >= 11 is 8.54. The Bertz CT molecular complexity index is 189. The molecule has 0 aliphatic rings. The highest BCUT2D eigenvalue weighted by atomic mass is 35.7. The van der Waals surface area contributed by atoms with Crippen LogP contribution in [0.2, 0.25) is 0 Å². The largest absolute Gasteiger partial charge is 0.489 e. The highest BCUT2D eigenvalue weighted by Crippen LogP contribution is 2.70. The van der Waals surface area contributed by atoms with Gasteiger partial charge in [-0.25, -0.2) is 4.57 Å². The first kappa shape index (κ1) is 10.9. The summed E-state index contributed by atoms with van der Waals surface area (Å²) in [6, 6.07) is 0. The molecule has 0 fully saturated rings. The monoisotopic (exact) mass is 231 g/mol. The second kappa shape index (κ2) is 3.11. The number of hydrogen-bond donors (Lipinski definition) is 0. The van der Waals surface area contributed by atoms with Crippen LogP contribution in [0.1, 0.15) is 0 Å². The third-order valence-corrected chi connectivity index (χ3v) is 5.48. The normalized spacial score (nSPS) is 19.0. The van der Waals surface area contributed by atoms with Gasteiger partial charge in [0.25, 0.3) is 5.85 Å². The third-order valence-electron chi connectivity index (χ3n) is 0.674. The van der Waals surface area contributed by atoms with E-state index in [0.717, 1.165) is 0 Å². The molecule has 0 aliphatic carbocycles. The fourth-order valence-corrected chi connectivity index (χ4v) is 2.56. The van der Waals surface area contributed by atoms with Crippen LogP contribution in [0.4, 0.5) is 12.6 Å². The molecular weight excluding hydrogens is 228 g/mol. The average molecular weight is 232 g/mol. The quantitative estimate of drug-likeness (QED) is 0.680. The summed E-state index contributed by atoms with van der Waals surface area (Å²) in [6.45, 7) is 0. The predicted molar refractivity (Wildman–Crippen MR) is 38.8 cm³/mol. The van der Waals surface area contributed by atoms with Crippen molar-refractivity contribution in [1.29, 1.82) is 0 Å². The van der Waals surface area contributed by atoms with Gasteiger partial charge in [-0.1, -0.05) is 0 Å². The number of hydrogen-bond acceptors (Lipinski definition) is 2. The van der Waals surface area contributed by atoms with E-state index in [4.69, 9.17) is 11.2 Å². The maximum atomic E-state index is 12.2. The minimum absolute atomic E-state index is 0.378. The molecule has 0 aliphatic heterocycles. The smallest absolute Gasteiger partial charge is 0.231 e. The second-order valence-electron chi connectivity index (χ2n) is 1.36. The van der Waals surface area contributed by atoms with Gasteiger partial charge in [0.2, 0.25) is 0 Å². The first-order valence-corrected chi connectivity index (χ1v) is 6.88. The molecule has 0 amide bonds. The van der Waals surface area contributed by atoms with Gasteiger partial charge in [0, 0.05) is 7.05 Å². The van der Waals surface area contributed by atoms with Crippen LogP contribution in [0.5, 0.6) is 0 Å². The molecule has 10 heavy (non-hydrogen) atoms. The molecule has 0 spiro atoms. The summed E-state index contributed by atoms with van der Waals surface area (Å²) in [6.07, 6.45) is 0. The lowest BCUT2D eigenvalue weighted by atomic mass is 11.6. The van der Waals surface area contributed by atoms with Gasteiger partial charge in [-0.2, -0.15) is 4.20 Å². The molecule has 0 aromatic heterocycles. The molecule has 0 saturated heterocycles. The Morgan fingerprint density at radius 2 is 1.80 bits per heavy atom. The maximum absolute atomic E-state index is 12.2. The van der Waals surface area contributed by atoms with Crippen molar-refractivity contribution in [3.8, 4) is 0 Å². The Labute approximate surface area is 66.0 Å². The van der Waals surface area contributed by atoms with Crippen LogP contribution in [-0.2, 0) is 16.4 Å². The third kappa shape index (κ3) is 3.35. The molecule has 0 unspecified atom stereocenters. The molecule has 0 N–H and O–H groups in total. The van der Waals surface area contributed by atoms with E-state index < -0.39 is 13.8 Å². The van der Waals surface area contributed by atoms with Crippen LogP contribution in [-0.4, -0.2) is 11.5 Å². The first-order valence-electron chi connectivity index (χ1n) is 1.89. The molecule has 0 heterocycles. The minimum Gasteiger partial charge on any atom is -0.231 e. The Morgan fingerprint density at radius 1 is 1.50 bits per heavy atom. The Hall–Kier alpha value is 0.920. The van der Waals surface area contributed by atoms with Crippen molar-refractivity contribution in [2.75, 3.05) is 7.05 Å². The average Bonchev–Trinajstić information content (AvgIpc) is 1.59. The van der Waals surface area contributed by atoms with Crippen LogP contribution in [0.25, 0.3) is 0 Å². The Kier molecular flexibility index (Phi) is 3.40. The summed E-state index contributed by atoms with van der Waals surface area (Å²) in [5.41, 5.74) is 0. The van der Waals surface area contributed by atoms with E-state index in [1.807, 2.05) is 0 Å². The van der Waals surface area contributed by atoms with Gasteiger partial charge in [-0.15, -0.1) is 12.8 Å². The van der Waals surface area contributed by atoms with E-state index >= 15 is 0 Å². The van der Waals surface area contributed by atoms with Gasteiger partial charge in [0.15, 0.2) is 0 Å². The van der Waals surface area contributed by atoms with Crippen LogP contribution >= 0.6 is 25.0 Å². The molecule has 1 atom stereocenters. The molecule has 62 valence electrons. The van der Waals surface area contributed by atoms with Crippen molar-refractivity contribution in [3.05, 3.63) is 0 Å². The Balaban J connectivity index is 4.56. The highest BCUT2D eigenvalue weighted by Gasteiger charge is 2.37. The maximum Gasteiger partial charge on any atom is 0.489 e. The summed E-state index contributed by atoms with van der Waals surface area (Å²) in [7, 11) is -5.01. The van der Waals surface area contributed by atoms with E-state index in [2.05, 4.69) is 11.8 Å². The predicted octanol–water partition coefficient (Wildman–Crippen LogP) is 3.40. The lowest BCUT2D eigenvalue weighted by Gasteiger charge is -2.15. The molecule has 2 nitrogen and oxygen atoms in total. The van der Waals surface area contributed by atoms with E-state index in [0.29, 0.717) is 7.05 Å². The molecular formula is CH3ClF3NOP2S. The van der Waals surface area contributed by atoms with Crippen LogP contribution in [0.3, 0.4) is 0 Å². The zero-order valence-electron chi connectivity index (χ0n) is 4.67. The van der Waals surface area contributed by atoms with Crippen molar-refractivity contribution >= 4 is 36.8 Å². The summed E-state index contributed by atoms with van der Waals surface area (Å²) in [5.74, 6) is -4.25. The van der Waals surface area contributed by atoms with Crippen molar-refractivity contribution < 1.29 is 17.2 Å². The van der Waals surface area contributed by atoms with Gasteiger partial charge in [-0.05, 0) is 23.0 Å². The minimum atomic E-state index is -5.61. The van der Waals surface area contributed by atoms with Gasteiger partial charge in [0.1, 0.15) is 0 Å². The SMILES string of the molecule is CN(P(=O)(F)F)[P@](F)(=S)Cl. The van der Waals surface area contributed by atoms with Gasteiger partial charge in [-0.3, -0.25) is 0 Å². The van der Waals surface area contributed by atoms with Gasteiger partial charge >= 0.3 is 7.91 Å². The van der Waals surface area contributed by atoms with E-state index in [1.54, 1.807) is 0 Å². The zero-order chi connectivity index (χ0) is 8.58. The lowest BCUT2D eigenvalue weighted by Crippen LogP contribution is -1.99. The van der Waals surface area contributed by atoms with Crippen LogP contribution < -0.4 is 0 Å². The summed E-state index contributed by atoms with van der Waals surface area (Å²) in [5, 5.41) is 0. The van der Waals surface area contributed by atoms with Crippen molar-refractivity contribution in [1.82, 2.24) is 4.44 Å². The summed E-state index contributed by atoms with van der Waals surface area (Å²) in [4.78, 5) is 0. The first-order chi connectivity index (χ1) is 4.15. The molecule has 9 heteroatoms. The number of rotatable bonds is 2. The fourth-order valence-electron chi connectivity index (χ4n) is 0.121. The zero-order valence-corrected chi connectivity index (χ0v) is 8.03. The van der Waals surface area contributed by atoms with Crippen molar-refractivity contribution in [3.63, 3.8) is 0 Å². The van der Waals surface area contributed by atoms with E-state index in [9.17, 15) is 17.2 Å². The molecule has 0 bridgehead atoms. The highest BCUT2D eigenvalue weighted by molar-refractivity contribution is 8.24. The van der Waals surface area contributed by atoms with Crippen molar-refractivity contribution in [2.24, 2.45) is 0 Å². The lowest BCUT2D eigenvalue weighted by molar-refractivity contribution is 0.450. The Morgan fingerprint density at radius 3 is 1.80 bits per heavy atom. The van der Waals surface area contributed by atoms with Gasteiger partial charge < -0.3 is 0 Å². The molecule has 0 saturated carbocycles. The molecule has 0 radical (unpaired) electrons. The molecule has 0 aromatic rings. The van der Waals surface area contributed by atoms with E-state index in [1.165, 1.54) is 0 Å². The van der Waals surface area contributed by atoms with Gasteiger partial charge in [0.05, 0.1) is 0 Å². The number of nitrogens with zero attached hydrogens (tertiary/aromatic N) is 1. The van der Waals surface area contributed by atoms with E-state index in [-0.39, 0.29) is 4.44 Å². The topological polar surface area (TPSA) is 20.3 Å². The number of halogens is 4. The van der Waals surface area contributed by atoms with Crippen LogP contribution in [0.15, 0.2) is 0 Å². The second-order valence-corrected chi connectivity index (χ2v) is 8.01. The fraction of sp³-hybridized carbons (Fsp3) is 1.00. The molecule has 0 rings (SSSR count).